The van der Waals surface area contributed by atoms with Crippen LogP contribution in [0.15, 0.2) is 18.2 Å². The monoisotopic (exact) mass is 275 g/mol. The van der Waals surface area contributed by atoms with Gasteiger partial charge in [-0.15, -0.1) is 12.4 Å². The number of rotatable bonds is 3. The van der Waals surface area contributed by atoms with E-state index in [-0.39, 0.29) is 23.6 Å². The lowest BCUT2D eigenvalue weighted by atomic mass is 9.82. The quantitative estimate of drug-likeness (QED) is 0.791. The first-order chi connectivity index (χ1) is 7.77. The molecule has 0 heterocycles. The van der Waals surface area contributed by atoms with E-state index in [0.717, 1.165) is 0 Å². The summed E-state index contributed by atoms with van der Waals surface area (Å²) in [6, 6.07) is 4.15. The number of aliphatic hydroxyl groups is 1. The van der Waals surface area contributed by atoms with E-state index in [4.69, 9.17) is 10.5 Å². The zero-order chi connectivity index (χ0) is 13.2. The summed E-state index contributed by atoms with van der Waals surface area (Å²) in [5.74, 6) is 0.601. The molecule has 1 aromatic carbocycles. The van der Waals surface area contributed by atoms with Crippen molar-refractivity contribution in [3.63, 3.8) is 0 Å². The standard InChI is InChI=1S/C13H21NO3.ClH/c1-13(2,3)12(16)11(14)9-6-5-8(15)7-10(9)17-4;/h5-7,11-12,15-16H,14H2,1-4H3;1H/t11-,12-;/m0./s1. The lowest BCUT2D eigenvalue weighted by Gasteiger charge is -2.31. The number of methoxy groups -OCH3 is 1. The van der Waals surface area contributed by atoms with Crippen LogP contribution in [0.25, 0.3) is 0 Å². The van der Waals surface area contributed by atoms with E-state index in [1.54, 1.807) is 6.07 Å². The highest BCUT2D eigenvalue weighted by atomic mass is 35.5. The van der Waals surface area contributed by atoms with Crippen LogP contribution >= 0.6 is 12.4 Å². The number of aromatic hydroxyl groups is 1. The zero-order valence-corrected chi connectivity index (χ0v) is 12.0. The van der Waals surface area contributed by atoms with Crippen molar-refractivity contribution in [1.29, 1.82) is 0 Å². The molecule has 0 unspecified atom stereocenters. The van der Waals surface area contributed by atoms with Crippen LogP contribution < -0.4 is 10.5 Å². The molecule has 1 rings (SSSR count). The summed E-state index contributed by atoms with van der Waals surface area (Å²) in [6.07, 6.45) is -0.694. The van der Waals surface area contributed by atoms with E-state index in [1.807, 2.05) is 20.8 Å². The van der Waals surface area contributed by atoms with Gasteiger partial charge in [-0.25, -0.2) is 0 Å². The van der Waals surface area contributed by atoms with Gasteiger partial charge >= 0.3 is 0 Å². The molecule has 0 saturated heterocycles. The van der Waals surface area contributed by atoms with Gasteiger partial charge in [-0.1, -0.05) is 20.8 Å². The van der Waals surface area contributed by atoms with Gasteiger partial charge in [0, 0.05) is 11.6 Å². The van der Waals surface area contributed by atoms with Gasteiger partial charge in [-0.05, 0) is 17.5 Å². The van der Waals surface area contributed by atoms with Crippen molar-refractivity contribution >= 4 is 12.4 Å². The van der Waals surface area contributed by atoms with Crippen molar-refractivity contribution in [1.82, 2.24) is 0 Å². The molecular formula is C13H22ClNO3. The molecule has 0 radical (unpaired) electrons. The summed E-state index contributed by atoms with van der Waals surface area (Å²) in [5, 5.41) is 19.5. The molecule has 18 heavy (non-hydrogen) atoms. The molecule has 0 aliphatic heterocycles. The Labute approximate surface area is 114 Å². The van der Waals surface area contributed by atoms with Crippen molar-refractivity contribution in [2.75, 3.05) is 7.11 Å². The minimum atomic E-state index is -0.694. The molecule has 0 fully saturated rings. The van der Waals surface area contributed by atoms with Gasteiger partial charge in [0.25, 0.3) is 0 Å². The fourth-order valence-electron chi connectivity index (χ4n) is 1.68. The maximum absolute atomic E-state index is 10.2. The first-order valence-electron chi connectivity index (χ1n) is 5.58. The van der Waals surface area contributed by atoms with Gasteiger partial charge in [0.05, 0.1) is 19.3 Å². The largest absolute Gasteiger partial charge is 0.508 e. The lowest BCUT2D eigenvalue weighted by Crippen LogP contribution is -2.37. The molecule has 4 nitrogen and oxygen atoms in total. The van der Waals surface area contributed by atoms with Crippen LogP contribution in [0, 0.1) is 5.41 Å². The first-order valence-corrected chi connectivity index (χ1v) is 5.58. The second kappa shape index (κ2) is 6.27. The van der Waals surface area contributed by atoms with Crippen LogP contribution in [-0.4, -0.2) is 23.4 Å². The molecule has 104 valence electrons. The Kier molecular flexibility index (Phi) is 5.93. The van der Waals surface area contributed by atoms with E-state index >= 15 is 0 Å². The zero-order valence-electron chi connectivity index (χ0n) is 11.2. The van der Waals surface area contributed by atoms with Crippen LogP contribution in [-0.2, 0) is 0 Å². The number of halogens is 1. The fraction of sp³-hybridized carbons (Fsp3) is 0.538. The van der Waals surface area contributed by atoms with Crippen LogP contribution in [0.3, 0.4) is 0 Å². The molecule has 1 aromatic rings. The molecule has 0 aliphatic carbocycles. The Morgan fingerprint density at radius 2 is 1.83 bits per heavy atom. The van der Waals surface area contributed by atoms with Gasteiger partial charge in [0.2, 0.25) is 0 Å². The van der Waals surface area contributed by atoms with Gasteiger partial charge in [0.1, 0.15) is 11.5 Å². The topological polar surface area (TPSA) is 75.7 Å². The third kappa shape index (κ3) is 3.77. The van der Waals surface area contributed by atoms with E-state index in [1.165, 1.54) is 19.2 Å². The molecule has 2 atom stereocenters. The van der Waals surface area contributed by atoms with E-state index in [0.29, 0.717) is 11.3 Å². The minimum Gasteiger partial charge on any atom is -0.508 e. The fourth-order valence-corrected chi connectivity index (χ4v) is 1.68. The number of aliphatic hydroxyl groups excluding tert-OH is 1. The number of phenolic OH excluding ortho intramolecular Hbond substituents is 1. The van der Waals surface area contributed by atoms with Crippen molar-refractivity contribution in [2.45, 2.75) is 32.9 Å². The maximum Gasteiger partial charge on any atom is 0.127 e. The lowest BCUT2D eigenvalue weighted by molar-refractivity contribution is 0.0394. The third-order valence-corrected chi connectivity index (χ3v) is 2.80. The molecule has 0 amide bonds. The number of phenols is 1. The van der Waals surface area contributed by atoms with E-state index < -0.39 is 12.1 Å². The second-order valence-corrected chi connectivity index (χ2v) is 5.26. The Morgan fingerprint density at radius 1 is 1.28 bits per heavy atom. The van der Waals surface area contributed by atoms with Crippen molar-refractivity contribution in [2.24, 2.45) is 11.1 Å². The molecular weight excluding hydrogens is 254 g/mol. The van der Waals surface area contributed by atoms with Gasteiger partial charge < -0.3 is 20.7 Å². The molecule has 0 aliphatic rings. The highest BCUT2D eigenvalue weighted by molar-refractivity contribution is 5.85. The van der Waals surface area contributed by atoms with Gasteiger partial charge in [-0.3, -0.25) is 0 Å². The Bertz CT molecular complexity index is 390. The van der Waals surface area contributed by atoms with Crippen molar-refractivity contribution in [3.8, 4) is 11.5 Å². The smallest absolute Gasteiger partial charge is 0.127 e. The summed E-state index contributed by atoms with van der Waals surface area (Å²) >= 11 is 0. The minimum absolute atomic E-state index is 0. The Hall–Kier alpha value is -0.970. The number of hydrogen-bond acceptors (Lipinski definition) is 4. The Morgan fingerprint density at radius 3 is 2.28 bits per heavy atom. The van der Waals surface area contributed by atoms with Crippen LogP contribution in [0.2, 0.25) is 0 Å². The van der Waals surface area contributed by atoms with E-state index in [2.05, 4.69) is 0 Å². The van der Waals surface area contributed by atoms with Gasteiger partial charge in [-0.2, -0.15) is 0 Å². The molecule has 5 heteroatoms. The number of hydrogen-bond donors (Lipinski definition) is 3. The average Bonchev–Trinajstić information content (AvgIpc) is 2.25. The van der Waals surface area contributed by atoms with E-state index in [9.17, 15) is 10.2 Å². The van der Waals surface area contributed by atoms with Gasteiger partial charge in [0.15, 0.2) is 0 Å². The maximum atomic E-state index is 10.2. The summed E-state index contributed by atoms with van der Waals surface area (Å²) in [5.41, 5.74) is 6.41. The normalized spacial score (nSPS) is 14.6. The third-order valence-electron chi connectivity index (χ3n) is 2.80. The molecule has 4 N–H and O–H groups in total. The number of benzene rings is 1. The predicted molar refractivity (Wildman–Crippen MR) is 74.3 cm³/mol. The van der Waals surface area contributed by atoms with Crippen LogP contribution in [0.1, 0.15) is 32.4 Å². The molecule has 0 spiro atoms. The predicted octanol–water partition coefficient (Wildman–Crippen LogP) is 2.23. The highest BCUT2D eigenvalue weighted by Gasteiger charge is 2.30. The van der Waals surface area contributed by atoms with Crippen molar-refractivity contribution in [3.05, 3.63) is 23.8 Å². The summed E-state index contributed by atoms with van der Waals surface area (Å²) in [6.45, 7) is 5.76. The summed E-state index contributed by atoms with van der Waals surface area (Å²) < 4.78 is 5.16. The highest BCUT2D eigenvalue weighted by Crippen LogP contribution is 2.34. The number of nitrogens with two attached hydrogens (primary N) is 1. The summed E-state index contributed by atoms with van der Waals surface area (Å²) in [4.78, 5) is 0. The van der Waals surface area contributed by atoms with Crippen LogP contribution in [0.4, 0.5) is 0 Å². The Balaban J connectivity index is 0.00000289. The first kappa shape index (κ1) is 17.0. The molecule has 0 bridgehead atoms. The average molecular weight is 276 g/mol. The number of ether oxygens (including phenoxy) is 1. The SMILES string of the molecule is COc1cc(O)ccc1[C@H](N)[C@H](O)C(C)(C)C.Cl. The second-order valence-electron chi connectivity index (χ2n) is 5.26. The molecule has 0 saturated carbocycles. The van der Waals surface area contributed by atoms with Crippen LogP contribution in [0.5, 0.6) is 11.5 Å². The van der Waals surface area contributed by atoms with Crippen molar-refractivity contribution < 1.29 is 14.9 Å². The molecule has 0 aromatic heterocycles. The summed E-state index contributed by atoms with van der Waals surface area (Å²) in [7, 11) is 1.51.